The van der Waals surface area contributed by atoms with Gasteiger partial charge in [-0.3, -0.25) is 9.69 Å². The van der Waals surface area contributed by atoms with Crippen LogP contribution in [0.5, 0.6) is 0 Å². The SMILES string of the molecule is COC(=O)[C@@H](C)N1C(=O)/C(=C/c2cccs2)SC1=S. The zero-order valence-corrected chi connectivity index (χ0v) is 12.7. The highest BCUT2D eigenvalue weighted by Gasteiger charge is 2.38. The van der Waals surface area contributed by atoms with Gasteiger partial charge in [-0.1, -0.05) is 30.0 Å². The summed E-state index contributed by atoms with van der Waals surface area (Å²) < 4.78 is 5.02. The molecular formula is C12H11NO3S3. The fourth-order valence-corrected chi connectivity index (χ4v) is 3.73. The van der Waals surface area contributed by atoms with E-state index in [-0.39, 0.29) is 5.91 Å². The van der Waals surface area contributed by atoms with Crippen molar-refractivity contribution in [3.63, 3.8) is 0 Å². The van der Waals surface area contributed by atoms with Gasteiger partial charge in [-0.05, 0) is 24.4 Å². The maximum absolute atomic E-state index is 12.3. The number of thioether (sulfide) groups is 1. The first kappa shape index (κ1) is 14.2. The molecule has 0 saturated carbocycles. The van der Waals surface area contributed by atoms with Crippen molar-refractivity contribution in [3.8, 4) is 0 Å². The van der Waals surface area contributed by atoms with E-state index in [0.717, 1.165) is 4.88 Å². The third-order valence-corrected chi connectivity index (χ3v) is 4.72. The number of hydrogen-bond acceptors (Lipinski definition) is 6. The largest absolute Gasteiger partial charge is 0.467 e. The molecule has 2 rings (SSSR count). The molecule has 2 heterocycles. The molecule has 1 amide bonds. The lowest BCUT2D eigenvalue weighted by atomic mass is 10.3. The van der Waals surface area contributed by atoms with Gasteiger partial charge in [-0.2, -0.15) is 0 Å². The van der Waals surface area contributed by atoms with Gasteiger partial charge in [-0.15, -0.1) is 11.3 Å². The van der Waals surface area contributed by atoms with Crippen LogP contribution in [0.15, 0.2) is 22.4 Å². The summed E-state index contributed by atoms with van der Waals surface area (Å²) in [4.78, 5) is 26.6. The second-order valence-electron chi connectivity index (χ2n) is 3.77. The van der Waals surface area contributed by atoms with Gasteiger partial charge in [0, 0.05) is 4.88 Å². The number of methoxy groups -OCH3 is 1. The molecule has 0 N–H and O–H groups in total. The van der Waals surface area contributed by atoms with Crippen LogP contribution in [0.2, 0.25) is 0 Å². The van der Waals surface area contributed by atoms with Crippen molar-refractivity contribution in [1.82, 2.24) is 4.90 Å². The summed E-state index contributed by atoms with van der Waals surface area (Å²) in [7, 11) is 1.29. The summed E-state index contributed by atoms with van der Waals surface area (Å²) in [5.41, 5.74) is 0. The van der Waals surface area contributed by atoms with E-state index in [1.54, 1.807) is 13.0 Å². The number of carbonyl (C=O) groups is 2. The van der Waals surface area contributed by atoms with Crippen LogP contribution >= 0.6 is 35.3 Å². The van der Waals surface area contributed by atoms with Gasteiger partial charge in [0.2, 0.25) is 0 Å². The van der Waals surface area contributed by atoms with Crippen molar-refractivity contribution in [3.05, 3.63) is 27.3 Å². The van der Waals surface area contributed by atoms with Crippen molar-refractivity contribution in [2.45, 2.75) is 13.0 Å². The topological polar surface area (TPSA) is 46.6 Å². The van der Waals surface area contributed by atoms with Crippen LogP contribution in [0.3, 0.4) is 0 Å². The number of ether oxygens (including phenoxy) is 1. The molecule has 100 valence electrons. The van der Waals surface area contributed by atoms with Crippen molar-refractivity contribution in [2.75, 3.05) is 7.11 Å². The molecule has 4 nitrogen and oxygen atoms in total. The van der Waals surface area contributed by atoms with Crippen LogP contribution in [0.25, 0.3) is 6.08 Å². The van der Waals surface area contributed by atoms with Crippen LogP contribution in [0.4, 0.5) is 0 Å². The number of hydrogen-bond donors (Lipinski definition) is 0. The highest BCUT2D eigenvalue weighted by Crippen LogP contribution is 2.34. The van der Waals surface area contributed by atoms with Gasteiger partial charge in [0.05, 0.1) is 12.0 Å². The van der Waals surface area contributed by atoms with Gasteiger partial charge in [0.25, 0.3) is 5.91 Å². The fraction of sp³-hybridized carbons (Fsp3) is 0.250. The van der Waals surface area contributed by atoms with E-state index in [1.807, 2.05) is 17.5 Å². The first-order valence-electron chi connectivity index (χ1n) is 5.43. The van der Waals surface area contributed by atoms with Crippen molar-refractivity contribution < 1.29 is 14.3 Å². The first-order chi connectivity index (χ1) is 9.04. The number of amides is 1. The number of carbonyl (C=O) groups excluding carboxylic acids is 2. The molecule has 0 spiro atoms. The number of thiophene rings is 1. The zero-order chi connectivity index (χ0) is 14.0. The summed E-state index contributed by atoms with van der Waals surface area (Å²) in [5, 5.41) is 1.93. The molecule has 0 aromatic carbocycles. The van der Waals surface area contributed by atoms with E-state index in [9.17, 15) is 9.59 Å². The smallest absolute Gasteiger partial charge is 0.328 e. The van der Waals surface area contributed by atoms with Gasteiger partial charge >= 0.3 is 5.97 Å². The van der Waals surface area contributed by atoms with E-state index in [0.29, 0.717) is 9.23 Å². The van der Waals surface area contributed by atoms with Crippen LogP contribution in [-0.4, -0.2) is 34.2 Å². The summed E-state index contributed by atoms with van der Waals surface area (Å²) in [6.45, 7) is 1.60. The molecule has 1 saturated heterocycles. The van der Waals surface area contributed by atoms with E-state index >= 15 is 0 Å². The minimum atomic E-state index is -0.702. The normalized spacial score (nSPS) is 19.1. The molecule has 0 bridgehead atoms. The molecule has 1 atom stereocenters. The Morgan fingerprint density at radius 2 is 2.32 bits per heavy atom. The van der Waals surface area contributed by atoms with Crippen molar-refractivity contribution in [1.29, 1.82) is 0 Å². The van der Waals surface area contributed by atoms with Gasteiger partial charge < -0.3 is 4.74 Å². The summed E-state index contributed by atoms with van der Waals surface area (Å²) in [6, 6.07) is 3.13. The Morgan fingerprint density at radius 1 is 1.58 bits per heavy atom. The van der Waals surface area contributed by atoms with E-state index in [2.05, 4.69) is 4.74 Å². The maximum atomic E-state index is 12.3. The monoisotopic (exact) mass is 313 g/mol. The standard InChI is InChI=1S/C12H11NO3S3/c1-7(11(15)16-2)13-10(14)9(19-12(13)17)6-8-4-3-5-18-8/h3-7H,1-2H3/b9-6-/t7-/m1/s1. The number of rotatable bonds is 3. The second kappa shape index (κ2) is 5.85. The fourth-order valence-electron chi connectivity index (χ4n) is 1.59. The molecule has 0 radical (unpaired) electrons. The molecule has 1 fully saturated rings. The summed E-state index contributed by atoms with van der Waals surface area (Å²) in [6.07, 6.45) is 1.79. The zero-order valence-electron chi connectivity index (χ0n) is 10.3. The second-order valence-corrected chi connectivity index (χ2v) is 6.42. The highest BCUT2D eigenvalue weighted by atomic mass is 32.2. The molecular weight excluding hydrogens is 302 g/mol. The molecule has 0 unspecified atom stereocenters. The van der Waals surface area contributed by atoms with Crippen LogP contribution in [-0.2, 0) is 14.3 Å². The van der Waals surface area contributed by atoms with Crippen LogP contribution < -0.4 is 0 Å². The Labute approximate surface area is 124 Å². The summed E-state index contributed by atoms with van der Waals surface area (Å²) in [5.74, 6) is -0.727. The minimum absolute atomic E-state index is 0.249. The predicted molar refractivity (Wildman–Crippen MR) is 80.8 cm³/mol. The quantitative estimate of drug-likeness (QED) is 0.487. The average molecular weight is 313 g/mol. The van der Waals surface area contributed by atoms with Gasteiger partial charge in [0.15, 0.2) is 0 Å². The van der Waals surface area contributed by atoms with Crippen molar-refractivity contribution >= 4 is 57.6 Å². The lowest BCUT2D eigenvalue weighted by Gasteiger charge is -2.20. The molecule has 7 heteroatoms. The highest BCUT2D eigenvalue weighted by molar-refractivity contribution is 8.26. The van der Waals surface area contributed by atoms with Crippen LogP contribution in [0.1, 0.15) is 11.8 Å². The Bertz CT molecular complexity index is 551. The van der Waals surface area contributed by atoms with E-state index in [1.165, 1.54) is 35.1 Å². The predicted octanol–water partition coefficient (Wildman–Crippen LogP) is 2.51. The van der Waals surface area contributed by atoms with E-state index < -0.39 is 12.0 Å². The third-order valence-electron chi connectivity index (χ3n) is 2.57. The van der Waals surface area contributed by atoms with Crippen molar-refractivity contribution in [2.24, 2.45) is 0 Å². The molecule has 19 heavy (non-hydrogen) atoms. The third kappa shape index (κ3) is 2.88. The molecule has 0 aliphatic carbocycles. The first-order valence-corrected chi connectivity index (χ1v) is 7.53. The average Bonchev–Trinajstić information content (AvgIpc) is 2.98. The number of thiocarbonyl (C=S) groups is 1. The molecule has 1 aliphatic rings. The maximum Gasteiger partial charge on any atom is 0.328 e. The van der Waals surface area contributed by atoms with Gasteiger partial charge in [0.1, 0.15) is 10.4 Å². The summed E-state index contributed by atoms with van der Waals surface area (Å²) >= 11 is 7.90. The Hall–Kier alpha value is -1.18. The number of nitrogens with zero attached hydrogens (tertiary/aromatic N) is 1. The Morgan fingerprint density at radius 3 is 2.89 bits per heavy atom. The molecule has 1 aromatic rings. The minimum Gasteiger partial charge on any atom is -0.467 e. The van der Waals surface area contributed by atoms with Crippen LogP contribution in [0, 0.1) is 0 Å². The lowest BCUT2D eigenvalue weighted by molar-refractivity contribution is -0.147. The Kier molecular flexibility index (Phi) is 4.38. The molecule has 1 aromatic heterocycles. The Balaban J connectivity index is 2.24. The van der Waals surface area contributed by atoms with Gasteiger partial charge in [-0.25, -0.2) is 4.79 Å². The lowest BCUT2D eigenvalue weighted by Crippen LogP contribution is -2.42. The number of esters is 1. The molecule has 1 aliphatic heterocycles. The van der Waals surface area contributed by atoms with E-state index in [4.69, 9.17) is 12.2 Å².